The van der Waals surface area contributed by atoms with Gasteiger partial charge in [-0.25, -0.2) is 0 Å². The van der Waals surface area contributed by atoms with Gasteiger partial charge < -0.3 is 15.0 Å². The highest BCUT2D eigenvalue weighted by Gasteiger charge is 2.27. The third-order valence-corrected chi connectivity index (χ3v) is 2.88. The molecule has 0 unspecified atom stereocenters. The van der Waals surface area contributed by atoms with Gasteiger partial charge in [0.05, 0.1) is 5.52 Å². The minimum atomic E-state index is -4.34. The molecular weight excluding hydrogens is 281 g/mol. The molecule has 0 saturated heterocycles. The van der Waals surface area contributed by atoms with Crippen LogP contribution in [0, 0.1) is 0 Å². The van der Waals surface area contributed by atoms with Gasteiger partial charge in [0.2, 0.25) is 0 Å². The van der Waals surface area contributed by atoms with Gasteiger partial charge in [0.1, 0.15) is 13.3 Å². The number of nitrogens with zero attached hydrogens (tertiary/aromatic N) is 1. The summed E-state index contributed by atoms with van der Waals surface area (Å²) in [6.45, 7) is -1.19. The van der Waals surface area contributed by atoms with Crippen molar-refractivity contribution in [3.05, 3.63) is 35.0 Å². The molecule has 0 bridgehead atoms. The second-order valence-corrected chi connectivity index (χ2v) is 4.52. The normalized spacial score (nSPS) is 12.3. The number of alkyl halides is 3. The van der Waals surface area contributed by atoms with E-state index in [0.29, 0.717) is 17.1 Å². The van der Waals surface area contributed by atoms with Gasteiger partial charge in [-0.2, -0.15) is 13.2 Å². The molecule has 1 heterocycles. The average molecular weight is 293 g/mol. The smallest absolute Gasteiger partial charge is 0.351 e. The lowest BCUT2D eigenvalue weighted by molar-refractivity contribution is -0.181. The first-order valence-electron chi connectivity index (χ1n) is 5.52. The number of ether oxygens (including phenoxy) is 1. The van der Waals surface area contributed by atoms with E-state index in [4.69, 9.17) is 17.3 Å². The molecule has 7 heteroatoms. The fourth-order valence-corrected chi connectivity index (χ4v) is 2.04. The molecule has 0 aliphatic carbocycles. The van der Waals surface area contributed by atoms with Crippen molar-refractivity contribution in [3.63, 3.8) is 0 Å². The Morgan fingerprint density at radius 3 is 2.68 bits per heavy atom. The van der Waals surface area contributed by atoms with Crippen LogP contribution in [0.5, 0.6) is 0 Å². The van der Waals surface area contributed by atoms with Crippen LogP contribution in [0.2, 0.25) is 5.02 Å². The molecule has 0 atom stereocenters. The molecule has 19 heavy (non-hydrogen) atoms. The number of hydrogen-bond acceptors (Lipinski definition) is 2. The van der Waals surface area contributed by atoms with E-state index in [9.17, 15) is 13.2 Å². The molecule has 1 aromatic carbocycles. The molecule has 0 radical (unpaired) electrons. The summed E-state index contributed by atoms with van der Waals surface area (Å²) in [6.07, 6.45) is -2.66. The molecule has 0 saturated carbocycles. The molecule has 0 fully saturated rings. The second-order valence-electron chi connectivity index (χ2n) is 4.08. The molecule has 2 rings (SSSR count). The summed E-state index contributed by atoms with van der Waals surface area (Å²) in [7, 11) is 0. The van der Waals surface area contributed by atoms with E-state index in [1.54, 1.807) is 29.0 Å². The van der Waals surface area contributed by atoms with Crippen molar-refractivity contribution in [2.45, 2.75) is 19.5 Å². The molecule has 3 nitrogen and oxygen atoms in total. The van der Waals surface area contributed by atoms with Crippen molar-refractivity contribution < 1.29 is 17.9 Å². The standard InChI is InChI=1S/C12H12ClF3N2O/c13-9-1-2-10-8(4-17)5-18(11(10)3-9)7-19-6-12(14,15)16/h1-3,5H,4,6-7,17H2. The molecule has 2 aromatic rings. The number of hydrogen-bond donors (Lipinski definition) is 1. The van der Waals surface area contributed by atoms with Crippen molar-refractivity contribution in [1.29, 1.82) is 0 Å². The Balaban J connectivity index is 2.25. The molecule has 1 aromatic heterocycles. The average Bonchev–Trinajstić information content (AvgIpc) is 2.65. The van der Waals surface area contributed by atoms with Crippen LogP contribution in [0.3, 0.4) is 0 Å². The zero-order chi connectivity index (χ0) is 14.0. The van der Waals surface area contributed by atoms with Crippen LogP contribution >= 0.6 is 11.6 Å². The number of fused-ring (bicyclic) bond motifs is 1. The van der Waals surface area contributed by atoms with Crippen molar-refractivity contribution >= 4 is 22.5 Å². The van der Waals surface area contributed by atoms with Crippen molar-refractivity contribution in [1.82, 2.24) is 4.57 Å². The van der Waals surface area contributed by atoms with Gasteiger partial charge in [-0.1, -0.05) is 17.7 Å². The predicted octanol–water partition coefficient (Wildman–Crippen LogP) is 3.29. The van der Waals surface area contributed by atoms with E-state index in [2.05, 4.69) is 4.74 Å². The summed E-state index contributed by atoms with van der Waals surface area (Å²) in [5.74, 6) is 0. The van der Waals surface area contributed by atoms with E-state index < -0.39 is 12.8 Å². The van der Waals surface area contributed by atoms with Crippen LogP contribution in [0.25, 0.3) is 10.9 Å². The van der Waals surface area contributed by atoms with Gasteiger partial charge in [-0.3, -0.25) is 0 Å². The SMILES string of the molecule is NCc1cn(COCC(F)(F)F)c2cc(Cl)ccc12. The topological polar surface area (TPSA) is 40.2 Å². The first-order valence-corrected chi connectivity index (χ1v) is 5.90. The monoisotopic (exact) mass is 292 g/mol. The van der Waals surface area contributed by atoms with E-state index in [-0.39, 0.29) is 6.73 Å². The summed E-state index contributed by atoms with van der Waals surface area (Å²) in [5.41, 5.74) is 7.14. The number of nitrogens with two attached hydrogens (primary N) is 1. The molecule has 0 aliphatic heterocycles. The summed E-state index contributed by atoms with van der Waals surface area (Å²) < 4.78 is 42.3. The summed E-state index contributed by atoms with van der Waals surface area (Å²) in [5, 5.41) is 1.37. The van der Waals surface area contributed by atoms with Crippen LogP contribution in [-0.2, 0) is 18.0 Å². The van der Waals surface area contributed by atoms with Gasteiger partial charge in [-0.15, -0.1) is 0 Å². The van der Waals surface area contributed by atoms with Crippen LogP contribution in [0.1, 0.15) is 5.56 Å². The minimum absolute atomic E-state index is 0.198. The van der Waals surface area contributed by atoms with Gasteiger partial charge >= 0.3 is 6.18 Å². The third-order valence-electron chi connectivity index (χ3n) is 2.64. The maximum atomic E-state index is 12.0. The fraction of sp³-hybridized carbons (Fsp3) is 0.333. The Bertz CT molecular complexity index is 580. The Morgan fingerprint density at radius 2 is 2.05 bits per heavy atom. The van der Waals surface area contributed by atoms with E-state index in [1.165, 1.54) is 0 Å². The van der Waals surface area contributed by atoms with Gasteiger partial charge in [0, 0.05) is 23.2 Å². The molecule has 0 aliphatic rings. The molecule has 0 spiro atoms. The minimum Gasteiger partial charge on any atom is -0.351 e. The zero-order valence-corrected chi connectivity index (χ0v) is 10.6. The first kappa shape index (κ1) is 14.2. The van der Waals surface area contributed by atoms with Crippen LogP contribution < -0.4 is 5.73 Å². The predicted molar refractivity (Wildman–Crippen MR) is 66.8 cm³/mol. The first-order chi connectivity index (χ1) is 8.90. The van der Waals surface area contributed by atoms with Gasteiger partial charge in [-0.05, 0) is 17.7 Å². The van der Waals surface area contributed by atoms with Crippen LogP contribution in [0.15, 0.2) is 24.4 Å². The fourth-order valence-electron chi connectivity index (χ4n) is 1.87. The molecule has 2 N–H and O–H groups in total. The Labute approximate surface area is 112 Å². The van der Waals surface area contributed by atoms with Crippen molar-refractivity contribution in [2.24, 2.45) is 5.73 Å². The summed E-state index contributed by atoms with van der Waals surface area (Å²) in [4.78, 5) is 0. The third kappa shape index (κ3) is 3.40. The van der Waals surface area contributed by atoms with Gasteiger partial charge in [0.25, 0.3) is 0 Å². The Hall–Kier alpha value is -1.24. The highest BCUT2D eigenvalue weighted by molar-refractivity contribution is 6.31. The maximum Gasteiger partial charge on any atom is 0.411 e. The van der Waals surface area contributed by atoms with E-state index >= 15 is 0 Å². The van der Waals surface area contributed by atoms with Crippen LogP contribution in [0.4, 0.5) is 13.2 Å². The van der Waals surface area contributed by atoms with Crippen molar-refractivity contribution in [3.8, 4) is 0 Å². The lowest BCUT2D eigenvalue weighted by atomic mass is 10.2. The molecule has 0 amide bonds. The largest absolute Gasteiger partial charge is 0.411 e. The highest BCUT2D eigenvalue weighted by Crippen LogP contribution is 2.25. The second kappa shape index (κ2) is 5.40. The van der Waals surface area contributed by atoms with Crippen molar-refractivity contribution in [2.75, 3.05) is 6.61 Å². The lowest BCUT2D eigenvalue weighted by Crippen LogP contribution is -2.18. The Morgan fingerprint density at radius 1 is 1.32 bits per heavy atom. The summed E-state index contributed by atoms with van der Waals surface area (Å²) in [6, 6.07) is 5.18. The molecular formula is C12H12ClF3N2O. The van der Waals surface area contributed by atoms with E-state index in [0.717, 1.165) is 10.9 Å². The Kier molecular flexibility index (Phi) is 4.03. The quantitative estimate of drug-likeness (QED) is 0.939. The highest BCUT2D eigenvalue weighted by atomic mass is 35.5. The van der Waals surface area contributed by atoms with E-state index in [1.807, 2.05) is 0 Å². The number of benzene rings is 1. The summed E-state index contributed by atoms with van der Waals surface area (Å²) >= 11 is 5.88. The van der Waals surface area contributed by atoms with Crippen LogP contribution in [-0.4, -0.2) is 17.4 Å². The molecule has 104 valence electrons. The maximum absolute atomic E-state index is 12.0. The van der Waals surface area contributed by atoms with Gasteiger partial charge in [0.15, 0.2) is 0 Å². The number of rotatable bonds is 4. The number of aromatic nitrogens is 1. The lowest BCUT2D eigenvalue weighted by Gasteiger charge is -2.09. The number of halogens is 4. The zero-order valence-electron chi connectivity index (χ0n) is 9.88.